The van der Waals surface area contributed by atoms with Crippen molar-refractivity contribution in [2.75, 3.05) is 6.54 Å². The van der Waals surface area contributed by atoms with E-state index in [2.05, 4.69) is 26.1 Å². The van der Waals surface area contributed by atoms with Gasteiger partial charge in [0, 0.05) is 6.04 Å². The highest BCUT2D eigenvalue weighted by molar-refractivity contribution is 7.30. The summed E-state index contributed by atoms with van der Waals surface area (Å²) >= 11 is 0. The van der Waals surface area contributed by atoms with Gasteiger partial charge in [-0.3, -0.25) is 4.57 Å². The second-order valence-electron chi connectivity index (χ2n) is 3.24. The van der Waals surface area contributed by atoms with Gasteiger partial charge in [0.05, 0.1) is 0 Å². The second-order valence-corrected chi connectivity index (χ2v) is 3.80. The van der Waals surface area contributed by atoms with Gasteiger partial charge in [-0.1, -0.05) is 33.1 Å². The Morgan fingerprint density at radius 2 is 1.79 bits per heavy atom. The average molecular weight is 225 g/mol. The molecule has 0 rings (SSSR count). The molecule has 88 valence electrons. The topological polar surface area (TPSA) is 69.6 Å². The number of nitrogens with one attached hydrogen (secondary N) is 1. The van der Waals surface area contributed by atoms with Crippen molar-refractivity contribution in [3.05, 3.63) is 0 Å². The summed E-state index contributed by atoms with van der Waals surface area (Å²) in [5.74, 6) is 0. The molecule has 0 spiro atoms. The maximum atomic E-state index is 8.74. The van der Waals surface area contributed by atoms with E-state index in [1.165, 1.54) is 25.7 Å². The van der Waals surface area contributed by atoms with Gasteiger partial charge in [-0.25, -0.2) is 0 Å². The molecule has 0 heterocycles. The van der Waals surface area contributed by atoms with Crippen LogP contribution in [0.5, 0.6) is 0 Å². The zero-order valence-corrected chi connectivity index (χ0v) is 10.4. The van der Waals surface area contributed by atoms with Crippen LogP contribution < -0.4 is 5.32 Å². The van der Waals surface area contributed by atoms with Gasteiger partial charge in [-0.2, -0.15) is 0 Å². The summed E-state index contributed by atoms with van der Waals surface area (Å²) in [6.07, 6.45) is 5.43. The SMILES string of the molecule is CCCCCC(C)NCC.O=[PH](O)O. The molecule has 1 unspecified atom stereocenters. The monoisotopic (exact) mass is 225 g/mol. The van der Waals surface area contributed by atoms with Crippen molar-refractivity contribution in [2.24, 2.45) is 0 Å². The first-order chi connectivity index (χ1) is 6.54. The highest BCUT2D eigenvalue weighted by Crippen LogP contribution is 2.01. The van der Waals surface area contributed by atoms with Gasteiger partial charge in [0.15, 0.2) is 0 Å². The summed E-state index contributed by atoms with van der Waals surface area (Å²) in [6.45, 7) is 7.78. The van der Waals surface area contributed by atoms with Gasteiger partial charge < -0.3 is 15.1 Å². The summed E-state index contributed by atoms with van der Waals surface area (Å²) in [5, 5.41) is 3.40. The van der Waals surface area contributed by atoms with Gasteiger partial charge in [-0.05, 0) is 19.9 Å². The molecule has 0 aromatic carbocycles. The standard InChI is InChI=1S/C9H21N.H3O3P/c1-4-6-7-8-9(3)10-5-2;1-4(2)3/h9-10H,4-8H2,1-3H3;4H,(H2,1,2,3). The van der Waals surface area contributed by atoms with Crippen molar-refractivity contribution in [2.45, 2.75) is 52.5 Å². The summed E-state index contributed by atoms with van der Waals surface area (Å²) < 4.78 is 8.74. The van der Waals surface area contributed by atoms with Crippen molar-refractivity contribution in [3.8, 4) is 0 Å². The van der Waals surface area contributed by atoms with Crippen molar-refractivity contribution in [1.29, 1.82) is 0 Å². The van der Waals surface area contributed by atoms with Crippen LogP contribution in [0.2, 0.25) is 0 Å². The fraction of sp³-hybridized carbons (Fsp3) is 1.00. The third kappa shape index (κ3) is 22.7. The van der Waals surface area contributed by atoms with Crippen LogP contribution in [0.1, 0.15) is 46.5 Å². The molecule has 14 heavy (non-hydrogen) atoms. The molecule has 0 radical (unpaired) electrons. The van der Waals surface area contributed by atoms with Crippen LogP contribution in [0.3, 0.4) is 0 Å². The Hall–Kier alpha value is 0.110. The molecular formula is C9H24NO3P. The Bertz CT molecular complexity index is 129. The fourth-order valence-electron chi connectivity index (χ4n) is 1.15. The van der Waals surface area contributed by atoms with Crippen molar-refractivity contribution >= 4 is 8.25 Å². The van der Waals surface area contributed by atoms with Crippen LogP contribution in [-0.4, -0.2) is 22.4 Å². The minimum atomic E-state index is -3.13. The van der Waals surface area contributed by atoms with E-state index in [1.54, 1.807) is 0 Å². The molecule has 0 aromatic rings. The predicted molar refractivity (Wildman–Crippen MR) is 60.7 cm³/mol. The third-order valence-electron chi connectivity index (χ3n) is 1.79. The van der Waals surface area contributed by atoms with Crippen molar-refractivity contribution < 1.29 is 14.4 Å². The molecule has 0 fully saturated rings. The van der Waals surface area contributed by atoms with E-state index in [4.69, 9.17) is 14.4 Å². The Balaban J connectivity index is 0. The van der Waals surface area contributed by atoms with E-state index < -0.39 is 8.25 Å². The van der Waals surface area contributed by atoms with E-state index in [0.717, 1.165) is 12.6 Å². The molecule has 0 bridgehead atoms. The van der Waals surface area contributed by atoms with Crippen LogP contribution in [0.25, 0.3) is 0 Å². The molecule has 0 aliphatic rings. The van der Waals surface area contributed by atoms with Crippen LogP contribution in [0.15, 0.2) is 0 Å². The van der Waals surface area contributed by atoms with Gasteiger partial charge in [0.1, 0.15) is 0 Å². The van der Waals surface area contributed by atoms with E-state index in [0.29, 0.717) is 0 Å². The molecule has 0 aromatic heterocycles. The van der Waals surface area contributed by atoms with Gasteiger partial charge >= 0.3 is 8.25 Å². The molecule has 4 nitrogen and oxygen atoms in total. The number of hydrogen-bond acceptors (Lipinski definition) is 2. The van der Waals surface area contributed by atoms with E-state index in [9.17, 15) is 0 Å². The number of unbranched alkanes of at least 4 members (excludes halogenated alkanes) is 2. The second kappa shape index (κ2) is 13.1. The van der Waals surface area contributed by atoms with Crippen LogP contribution in [0, 0.1) is 0 Å². The molecular weight excluding hydrogens is 201 g/mol. The van der Waals surface area contributed by atoms with E-state index >= 15 is 0 Å². The minimum absolute atomic E-state index is 0.719. The molecule has 1 atom stereocenters. The molecule has 3 N–H and O–H groups in total. The fourth-order valence-corrected chi connectivity index (χ4v) is 1.15. The maximum absolute atomic E-state index is 8.74. The predicted octanol–water partition coefficient (Wildman–Crippen LogP) is 1.93. The van der Waals surface area contributed by atoms with Gasteiger partial charge in [-0.15, -0.1) is 0 Å². The van der Waals surface area contributed by atoms with Crippen molar-refractivity contribution in [3.63, 3.8) is 0 Å². The Labute approximate surface area is 87.7 Å². The molecule has 0 amide bonds. The van der Waals surface area contributed by atoms with Gasteiger partial charge in [0.2, 0.25) is 0 Å². The third-order valence-corrected chi connectivity index (χ3v) is 1.79. The lowest BCUT2D eigenvalue weighted by atomic mass is 10.1. The number of hydrogen-bond donors (Lipinski definition) is 3. The summed E-state index contributed by atoms with van der Waals surface area (Å²) in [5.41, 5.74) is 0. The van der Waals surface area contributed by atoms with Crippen LogP contribution in [0.4, 0.5) is 0 Å². The maximum Gasteiger partial charge on any atom is 0.314 e. The minimum Gasteiger partial charge on any atom is -0.326 e. The van der Waals surface area contributed by atoms with E-state index in [1.807, 2.05) is 0 Å². The lowest BCUT2D eigenvalue weighted by Crippen LogP contribution is -2.25. The quantitative estimate of drug-likeness (QED) is 0.477. The normalized spacial score (nSPS) is 12.1. The lowest BCUT2D eigenvalue weighted by molar-refractivity contribution is 0.405. The molecule has 0 saturated heterocycles. The molecule has 0 aliphatic carbocycles. The highest BCUT2D eigenvalue weighted by atomic mass is 31.1. The molecule has 0 saturated carbocycles. The van der Waals surface area contributed by atoms with Gasteiger partial charge in [0.25, 0.3) is 0 Å². The zero-order chi connectivity index (χ0) is 11.4. The summed E-state index contributed by atoms with van der Waals surface area (Å²) in [6, 6.07) is 0.719. The Kier molecular flexibility index (Phi) is 15.5. The first kappa shape index (κ1) is 16.5. The number of rotatable bonds is 6. The smallest absolute Gasteiger partial charge is 0.314 e. The average Bonchev–Trinajstić information content (AvgIpc) is 2.04. The molecule has 0 aliphatic heterocycles. The first-order valence-electron chi connectivity index (χ1n) is 5.19. The van der Waals surface area contributed by atoms with E-state index in [-0.39, 0.29) is 0 Å². The van der Waals surface area contributed by atoms with Crippen LogP contribution in [-0.2, 0) is 4.57 Å². The Morgan fingerprint density at radius 3 is 2.14 bits per heavy atom. The highest BCUT2D eigenvalue weighted by Gasteiger charge is 1.96. The lowest BCUT2D eigenvalue weighted by Gasteiger charge is -2.10. The zero-order valence-electron chi connectivity index (χ0n) is 9.42. The summed E-state index contributed by atoms with van der Waals surface area (Å²) in [7, 11) is -3.13. The Morgan fingerprint density at radius 1 is 1.29 bits per heavy atom. The largest absolute Gasteiger partial charge is 0.326 e. The van der Waals surface area contributed by atoms with Crippen LogP contribution >= 0.6 is 8.25 Å². The van der Waals surface area contributed by atoms with Crippen molar-refractivity contribution in [1.82, 2.24) is 5.32 Å². The summed E-state index contributed by atoms with van der Waals surface area (Å²) in [4.78, 5) is 14.3. The molecule has 5 heteroatoms. The first-order valence-corrected chi connectivity index (χ1v) is 6.50.